The average Bonchev–Trinajstić information content (AvgIpc) is 2.79. The molecule has 0 aliphatic carbocycles. The summed E-state index contributed by atoms with van der Waals surface area (Å²) >= 11 is 0. The number of benzene rings is 2. The standard InChI is InChI=1S/C21H23N3O7S/c1-15(25)22-17-4-6-18(7-5-17)23-20(26)14-31-21(27)16-2-8-19(9-3-16)32(28,29)24-10-12-30-13-11-24/h2-9H,10-14H2,1H3,(H,22,25)(H,23,26). The van der Waals surface area contributed by atoms with Crippen LogP contribution in [0.15, 0.2) is 53.4 Å². The zero-order valence-corrected chi connectivity index (χ0v) is 18.2. The van der Waals surface area contributed by atoms with Crippen molar-refractivity contribution >= 4 is 39.2 Å². The van der Waals surface area contributed by atoms with Gasteiger partial charge in [0, 0.05) is 31.4 Å². The Morgan fingerprint density at radius 1 is 0.938 bits per heavy atom. The average molecular weight is 461 g/mol. The third-order valence-corrected chi connectivity index (χ3v) is 6.43. The number of carbonyl (C=O) groups is 3. The van der Waals surface area contributed by atoms with E-state index < -0.39 is 28.5 Å². The third-order valence-electron chi connectivity index (χ3n) is 4.52. The smallest absolute Gasteiger partial charge is 0.338 e. The van der Waals surface area contributed by atoms with Crippen molar-refractivity contribution in [2.75, 3.05) is 43.5 Å². The summed E-state index contributed by atoms with van der Waals surface area (Å²) in [5.41, 5.74) is 1.18. The lowest BCUT2D eigenvalue weighted by Crippen LogP contribution is -2.40. The summed E-state index contributed by atoms with van der Waals surface area (Å²) in [5, 5.41) is 5.18. The van der Waals surface area contributed by atoms with E-state index >= 15 is 0 Å². The maximum atomic E-state index is 12.6. The Morgan fingerprint density at radius 2 is 1.50 bits per heavy atom. The lowest BCUT2D eigenvalue weighted by molar-refractivity contribution is -0.119. The van der Waals surface area contributed by atoms with Gasteiger partial charge in [0.1, 0.15) is 0 Å². The second-order valence-corrected chi connectivity index (χ2v) is 8.86. The second-order valence-electron chi connectivity index (χ2n) is 6.92. The number of ether oxygens (including phenoxy) is 2. The summed E-state index contributed by atoms with van der Waals surface area (Å²) in [7, 11) is -3.66. The Kier molecular flexibility index (Phi) is 7.57. The molecule has 0 saturated carbocycles. The van der Waals surface area contributed by atoms with Gasteiger partial charge in [0.25, 0.3) is 5.91 Å². The number of nitrogens with zero attached hydrogens (tertiary/aromatic N) is 1. The van der Waals surface area contributed by atoms with E-state index in [1.807, 2.05) is 0 Å². The molecule has 10 nitrogen and oxygen atoms in total. The summed E-state index contributed by atoms with van der Waals surface area (Å²) in [5.74, 6) is -1.51. The van der Waals surface area contributed by atoms with Crippen LogP contribution in [0, 0.1) is 0 Å². The first-order chi connectivity index (χ1) is 15.3. The van der Waals surface area contributed by atoms with Crippen LogP contribution in [0.2, 0.25) is 0 Å². The van der Waals surface area contributed by atoms with Gasteiger partial charge in [0.05, 0.1) is 23.7 Å². The highest BCUT2D eigenvalue weighted by Crippen LogP contribution is 2.18. The van der Waals surface area contributed by atoms with E-state index in [-0.39, 0.29) is 29.5 Å². The van der Waals surface area contributed by atoms with Crippen molar-refractivity contribution in [3.63, 3.8) is 0 Å². The number of hydrogen-bond donors (Lipinski definition) is 2. The Balaban J connectivity index is 1.52. The molecule has 0 spiro atoms. The molecule has 0 aromatic heterocycles. The third kappa shape index (κ3) is 6.13. The molecule has 0 unspecified atom stereocenters. The van der Waals surface area contributed by atoms with Crippen LogP contribution in [-0.2, 0) is 29.1 Å². The number of sulfonamides is 1. The van der Waals surface area contributed by atoms with Crippen molar-refractivity contribution in [1.29, 1.82) is 0 Å². The van der Waals surface area contributed by atoms with Crippen LogP contribution >= 0.6 is 0 Å². The van der Waals surface area contributed by atoms with Gasteiger partial charge in [-0.1, -0.05) is 0 Å². The largest absolute Gasteiger partial charge is 0.452 e. The molecule has 32 heavy (non-hydrogen) atoms. The normalized spacial score (nSPS) is 14.4. The summed E-state index contributed by atoms with van der Waals surface area (Å²) in [4.78, 5) is 35.3. The molecule has 1 saturated heterocycles. The summed E-state index contributed by atoms with van der Waals surface area (Å²) in [6, 6.07) is 11.8. The number of hydrogen-bond acceptors (Lipinski definition) is 7. The molecule has 1 fully saturated rings. The summed E-state index contributed by atoms with van der Waals surface area (Å²) in [6.45, 7) is 2.10. The predicted molar refractivity (Wildman–Crippen MR) is 116 cm³/mol. The van der Waals surface area contributed by atoms with E-state index in [2.05, 4.69) is 10.6 Å². The minimum Gasteiger partial charge on any atom is -0.452 e. The molecule has 2 aromatic rings. The fourth-order valence-corrected chi connectivity index (χ4v) is 4.36. The maximum absolute atomic E-state index is 12.6. The predicted octanol–water partition coefficient (Wildman–Crippen LogP) is 1.46. The van der Waals surface area contributed by atoms with Gasteiger partial charge < -0.3 is 20.1 Å². The lowest BCUT2D eigenvalue weighted by atomic mass is 10.2. The van der Waals surface area contributed by atoms with Crippen molar-refractivity contribution in [2.24, 2.45) is 0 Å². The second kappa shape index (κ2) is 10.4. The zero-order chi connectivity index (χ0) is 23.1. The van der Waals surface area contributed by atoms with Crippen molar-refractivity contribution in [3.8, 4) is 0 Å². The zero-order valence-electron chi connectivity index (χ0n) is 17.4. The SMILES string of the molecule is CC(=O)Nc1ccc(NC(=O)COC(=O)c2ccc(S(=O)(=O)N3CCOCC3)cc2)cc1. The summed E-state index contributed by atoms with van der Waals surface area (Å²) in [6.07, 6.45) is 0. The molecule has 2 aromatic carbocycles. The molecule has 2 amide bonds. The number of carbonyl (C=O) groups excluding carboxylic acids is 3. The van der Waals surface area contributed by atoms with E-state index in [1.165, 1.54) is 35.5 Å². The Labute approximate surface area is 185 Å². The topological polar surface area (TPSA) is 131 Å². The molecule has 1 aliphatic heterocycles. The van der Waals surface area contributed by atoms with Gasteiger partial charge >= 0.3 is 5.97 Å². The van der Waals surface area contributed by atoms with Crippen LogP contribution in [0.25, 0.3) is 0 Å². The minimum atomic E-state index is -3.66. The Morgan fingerprint density at radius 3 is 2.06 bits per heavy atom. The first kappa shape index (κ1) is 23.4. The molecule has 170 valence electrons. The number of esters is 1. The Bertz CT molecular complexity index is 1080. The van der Waals surface area contributed by atoms with Gasteiger partial charge in [0.15, 0.2) is 6.61 Å². The molecular formula is C21H23N3O7S. The highest BCUT2D eigenvalue weighted by Gasteiger charge is 2.26. The van der Waals surface area contributed by atoms with E-state index in [1.54, 1.807) is 24.3 Å². The van der Waals surface area contributed by atoms with Gasteiger partial charge in [-0.05, 0) is 48.5 Å². The van der Waals surface area contributed by atoms with E-state index in [9.17, 15) is 22.8 Å². The van der Waals surface area contributed by atoms with E-state index in [0.717, 1.165) is 0 Å². The first-order valence-electron chi connectivity index (χ1n) is 9.78. The molecule has 0 atom stereocenters. The highest BCUT2D eigenvalue weighted by atomic mass is 32.2. The van der Waals surface area contributed by atoms with Crippen LogP contribution in [-0.4, -0.2) is 63.4 Å². The van der Waals surface area contributed by atoms with Crippen molar-refractivity contribution < 1.29 is 32.3 Å². The molecule has 0 bridgehead atoms. The molecule has 1 aliphatic rings. The van der Waals surface area contributed by atoms with Gasteiger partial charge in [-0.15, -0.1) is 0 Å². The van der Waals surface area contributed by atoms with E-state index in [0.29, 0.717) is 24.6 Å². The molecular weight excluding hydrogens is 438 g/mol. The maximum Gasteiger partial charge on any atom is 0.338 e. The van der Waals surface area contributed by atoms with Crippen LogP contribution in [0.4, 0.5) is 11.4 Å². The molecule has 0 radical (unpaired) electrons. The molecule has 11 heteroatoms. The van der Waals surface area contributed by atoms with Crippen LogP contribution in [0.3, 0.4) is 0 Å². The molecule has 1 heterocycles. The number of anilines is 2. The fourth-order valence-electron chi connectivity index (χ4n) is 2.95. The Hall–Kier alpha value is -3.28. The van der Waals surface area contributed by atoms with Crippen LogP contribution < -0.4 is 10.6 Å². The van der Waals surface area contributed by atoms with E-state index in [4.69, 9.17) is 9.47 Å². The number of amides is 2. The minimum absolute atomic E-state index is 0.0661. The van der Waals surface area contributed by atoms with Crippen LogP contribution in [0.1, 0.15) is 17.3 Å². The van der Waals surface area contributed by atoms with Gasteiger partial charge in [-0.25, -0.2) is 13.2 Å². The molecule has 3 rings (SSSR count). The monoisotopic (exact) mass is 461 g/mol. The van der Waals surface area contributed by atoms with Crippen molar-refractivity contribution in [2.45, 2.75) is 11.8 Å². The number of morpholine rings is 1. The lowest BCUT2D eigenvalue weighted by Gasteiger charge is -2.26. The van der Waals surface area contributed by atoms with Crippen molar-refractivity contribution in [1.82, 2.24) is 4.31 Å². The van der Waals surface area contributed by atoms with Gasteiger partial charge in [-0.2, -0.15) is 4.31 Å². The number of rotatable bonds is 7. The number of nitrogens with one attached hydrogen (secondary N) is 2. The first-order valence-corrected chi connectivity index (χ1v) is 11.2. The van der Waals surface area contributed by atoms with Crippen molar-refractivity contribution in [3.05, 3.63) is 54.1 Å². The quantitative estimate of drug-likeness (QED) is 0.597. The van der Waals surface area contributed by atoms with Gasteiger partial charge in [-0.3, -0.25) is 9.59 Å². The molecule has 2 N–H and O–H groups in total. The van der Waals surface area contributed by atoms with Gasteiger partial charge in [0.2, 0.25) is 15.9 Å². The van der Waals surface area contributed by atoms with Crippen LogP contribution in [0.5, 0.6) is 0 Å². The summed E-state index contributed by atoms with van der Waals surface area (Å²) < 4.78 is 36.7. The highest BCUT2D eigenvalue weighted by molar-refractivity contribution is 7.89. The fraction of sp³-hybridized carbons (Fsp3) is 0.286.